The average Bonchev–Trinajstić information content (AvgIpc) is 3.09. The van der Waals surface area contributed by atoms with Crippen LogP contribution in [0.4, 0.5) is 0 Å². The van der Waals surface area contributed by atoms with Crippen molar-refractivity contribution in [1.82, 2.24) is 0 Å². The third-order valence-corrected chi connectivity index (χ3v) is 3.86. The summed E-state index contributed by atoms with van der Waals surface area (Å²) >= 11 is 12.3. The summed E-state index contributed by atoms with van der Waals surface area (Å²) in [4.78, 5) is 0. The number of hydrogen-bond acceptors (Lipinski definition) is 2. The van der Waals surface area contributed by atoms with Crippen LogP contribution in [0.3, 0.4) is 0 Å². The Kier molecular flexibility index (Phi) is 3.97. The van der Waals surface area contributed by atoms with Crippen molar-refractivity contribution in [3.05, 3.63) is 40.4 Å². The van der Waals surface area contributed by atoms with Crippen LogP contribution in [0, 0.1) is 5.92 Å². The minimum absolute atomic E-state index is 0.381. The van der Waals surface area contributed by atoms with E-state index in [1.54, 1.807) is 12.1 Å². The van der Waals surface area contributed by atoms with Gasteiger partial charge in [0.05, 0.1) is 10.0 Å². The van der Waals surface area contributed by atoms with E-state index in [0.717, 1.165) is 17.7 Å². The maximum Gasteiger partial charge on any atom is 0.124 e. The Morgan fingerprint density at radius 3 is 2.82 bits per heavy atom. The van der Waals surface area contributed by atoms with E-state index in [1.165, 1.54) is 0 Å². The van der Waals surface area contributed by atoms with Gasteiger partial charge in [-0.2, -0.15) is 0 Å². The minimum Gasteiger partial charge on any atom is -0.489 e. The van der Waals surface area contributed by atoms with E-state index in [-0.39, 0.29) is 0 Å². The molecule has 1 fully saturated rings. The van der Waals surface area contributed by atoms with E-state index in [4.69, 9.17) is 33.7 Å². The highest BCUT2D eigenvalue weighted by molar-refractivity contribution is 6.42. The van der Waals surface area contributed by atoms with Crippen LogP contribution >= 0.6 is 23.2 Å². The fourth-order valence-electron chi connectivity index (χ4n) is 2.03. The lowest BCUT2D eigenvalue weighted by Gasteiger charge is -2.13. The smallest absolute Gasteiger partial charge is 0.124 e. The van der Waals surface area contributed by atoms with Crippen LogP contribution in [-0.2, 0) is 0 Å². The van der Waals surface area contributed by atoms with Crippen LogP contribution in [0.1, 0.15) is 17.9 Å². The van der Waals surface area contributed by atoms with E-state index < -0.39 is 0 Å². The van der Waals surface area contributed by atoms with E-state index >= 15 is 0 Å². The quantitative estimate of drug-likeness (QED) is 0.831. The van der Waals surface area contributed by atoms with Crippen molar-refractivity contribution < 1.29 is 4.74 Å². The van der Waals surface area contributed by atoms with Gasteiger partial charge in [-0.1, -0.05) is 35.9 Å². The third kappa shape index (κ3) is 2.59. The molecule has 0 bridgehead atoms. The van der Waals surface area contributed by atoms with Crippen molar-refractivity contribution >= 4 is 23.2 Å². The lowest BCUT2D eigenvalue weighted by atomic mass is 10.1. The van der Waals surface area contributed by atoms with Crippen LogP contribution in [-0.4, -0.2) is 13.2 Å². The van der Waals surface area contributed by atoms with Crippen molar-refractivity contribution in [2.45, 2.75) is 12.3 Å². The molecule has 0 saturated heterocycles. The summed E-state index contributed by atoms with van der Waals surface area (Å²) in [6.45, 7) is 4.77. The Hall–Kier alpha value is -0.700. The molecular formula is C13H15Cl2NO. The third-order valence-electron chi connectivity index (χ3n) is 3.05. The van der Waals surface area contributed by atoms with Gasteiger partial charge in [-0.3, -0.25) is 0 Å². The normalized spacial score (nSPS) is 22.3. The molecule has 1 unspecified atom stereocenters. The molecule has 0 spiro atoms. The molecule has 1 aromatic rings. The maximum absolute atomic E-state index is 6.26. The minimum atomic E-state index is 0.381. The first-order valence-corrected chi connectivity index (χ1v) is 6.36. The van der Waals surface area contributed by atoms with Crippen LogP contribution in [0.25, 0.3) is 0 Å². The topological polar surface area (TPSA) is 35.2 Å². The van der Waals surface area contributed by atoms with Gasteiger partial charge in [0.2, 0.25) is 0 Å². The molecule has 2 atom stereocenters. The summed E-state index contributed by atoms with van der Waals surface area (Å²) in [7, 11) is 0. The standard InChI is InChI=1S/C13H15Cl2NO/c1-2-5-17-11-4-3-10(14)13(15)12(11)9-6-8(9)7-16/h2-4,8-9H,1,5-7,16H2/t8?,9-/m0/s1. The highest BCUT2D eigenvalue weighted by Gasteiger charge is 2.40. The predicted molar refractivity (Wildman–Crippen MR) is 72.1 cm³/mol. The molecule has 0 radical (unpaired) electrons. The molecule has 2 nitrogen and oxygen atoms in total. The van der Waals surface area contributed by atoms with E-state index in [1.807, 2.05) is 6.07 Å². The van der Waals surface area contributed by atoms with Gasteiger partial charge in [-0.25, -0.2) is 0 Å². The molecule has 2 N–H and O–H groups in total. The first-order valence-electron chi connectivity index (χ1n) is 5.60. The van der Waals surface area contributed by atoms with Gasteiger partial charge >= 0.3 is 0 Å². The van der Waals surface area contributed by atoms with E-state index in [0.29, 0.717) is 35.0 Å². The molecule has 1 aliphatic carbocycles. The van der Waals surface area contributed by atoms with Crippen LogP contribution in [0.15, 0.2) is 24.8 Å². The summed E-state index contributed by atoms with van der Waals surface area (Å²) < 4.78 is 5.61. The SMILES string of the molecule is C=CCOc1ccc(Cl)c(Cl)c1[C@H]1CC1CN. The van der Waals surface area contributed by atoms with Crippen molar-refractivity contribution in [3.8, 4) is 5.75 Å². The summed E-state index contributed by atoms with van der Waals surface area (Å²) in [6.07, 6.45) is 2.76. The summed E-state index contributed by atoms with van der Waals surface area (Å²) in [5.41, 5.74) is 6.66. The molecule has 1 saturated carbocycles. The zero-order chi connectivity index (χ0) is 12.4. The second-order valence-electron chi connectivity index (χ2n) is 4.21. The molecule has 0 aromatic heterocycles. The lowest BCUT2D eigenvalue weighted by Crippen LogP contribution is -2.04. The largest absolute Gasteiger partial charge is 0.489 e. The number of ether oxygens (including phenoxy) is 1. The number of benzene rings is 1. The van der Waals surface area contributed by atoms with Crippen LogP contribution in [0.2, 0.25) is 10.0 Å². The van der Waals surface area contributed by atoms with Gasteiger partial charge in [-0.15, -0.1) is 0 Å². The van der Waals surface area contributed by atoms with Crippen molar-refractivity contribution in [2.75, 3.05) is 13.2 Å². The number of rotatable bonds is 5. The number of hydrogen-bond donors (Lipinski definition) is 1. The van der Waals surface area contributed by atoms with Crippen LogP contribution < -0.4 is 10.5 Å². The average molecular weight is 272 g/mol. The van der Waals surface area contributed by atoms with Crippen molar-refractivity contribution in [3.63, 3.8) is 0 Å². The zero-order valence-corrected chi connectivity index (χ0v) is 11.0. The van der Waals surface area contributed by atoms with Gasteiger partial charge in [0, 0.05) is 5.56 Å². The molecule has 0 heterocycles. The second kappa shape index (κ2) is 5.30. The molecular weight excluding hydrogens is 257 g/mol. The molecule has 1 aromatic carbocycles. The highest BCUT2D eigenvalue weighted by Crippen LogP contribution is 2.53. The summed E-state index contributed by atoms with van der Waals surface area (Å²) in [6, 6.07) is 3.62. The Balaban J connectivity index is 2.32. The van der Waals surface area contributed by atoms with Crippen molar-refractivity contribution in [1.29, 1.82) is 0 Å². The fourth-order valence-corrected chi connectivity index (χ4v) is 2.49. The molecule has 0 aliphatic heterocycles. The van der Waals surface area contributed by atoms with Crippen molar-refractivity contribution in [2.24, 2.45) is 11.7 Å². The molecule has 92 valence electrons. The maximum atomic E-state index is 6.26. The van der Waals surface area contributed by atoms with E-state index in [2.05, 4.69) is 6.58 Å². The number of nitrogens with two attached hydrogens (primary N) is 1. The van der Waals surface area contributed by atoms with Gasteiger partial charge < -0.3 is 10.5 Å². The Morgan fingerprint density at radius 2 is 2.24 bits per heavy atom. The fraction of sp³-hybridized carbons (Fsp3) is 0.385. The zero-order valence-electron chi connectivity index (χ0n) is 9.46. The number of halogens is 2. The molecule has 1 aliphatic rings. The lowest BCUT2D eigenvalue weighted by molar-refractivity contribution is 0.359. The van der Waals surface area contributed by atoms with Gasteiger partial charge in [0.15, 0.2) is 0 Å². The Bertz CT molecular complexity index is 434. The Labute approximate surface area is 111 Å². The van der Waals surface area contributed by atoms with Gasteiger partial charge in [0.1, 0.15) is 12.4 Å². The second-order valence-corrected chi connectivity index (χ2v) is 5.00. The van der Waals surface area contributed by atoms with Crippen LogP contribution in [0.5, 0.6) is 5.75 Å². The summed E-state index contributed by atoms with van der Waals surface area (Å²) in [5, 5.41) is 1.16. The Morgan fingerprint density at radius 1 is 1.47 bits per heavy atom. The predicted octanol–water partition coefficient (Wildman–Crippen LogP) is 3.62. The van der Waals surface area contributed by atoms with Gasteiger partial charge in [0.25, 0.3) is 0 Å². The monoisotopic (exact) mass is 271 g/mol. The molecule has 17 heavy (non-hydrogen) atoms. The van der Waals surface area contributed by atoms with E-state index in [9.17, 15) is 0 Å². The molecule has 2 rings (SSSR count). The molecule has 4 heteroatoms. The first-order chi connectivity index (χ1) is 8.19. The summed E-state index contributed by atoms with van der Waals surface area (Å²) in [5.74, 6) is 1.67. The molecule has 0 amide bonds. The highest BCUT2D eigenvalue weighted by atomic mass is 35.5. The van der Waals surface area contributed by atoms with Gasteiger partial charge in [-0.05, 0) is 36.9 Å². The first kappa shape index (κ1) is 12.7.